The third-order valence-corrected chi connectivity index (χ3v) is 18.1. The summed E-state index contributed by atoms with van der Waals surface area (Å²) in [5.74, 6) is -8.64. The van der Waals surface area contributed by atoms with Crippen molar-refractivity contribution in [1.82, 2.24) is 0 Å². The Morgan fingerprint density at radius 1 is 0.584 bits per heavy atom. The second kappa shape index (κ2) is 22.5. The van der Waals surface area contributed by atoms with E-state index >= 15 is 4.79 Å². The molecule has 0 unspecified atom stereocenters. The van der Waals surface area contributed by atoms with Gasteiger partial charge < -0.3 is 52.1 Å². The van der Waals surface area contributed by atoms with Crippen LogP contribution in [0.2, 0.25) is 0 Å². The molecule has 77 heavy (non-hydrogen) atoms. The Labute approximate surface area is 449 Å². The molecule has 0 N–H and O–H groups in total. The van der Waals surface area contributed by atoms with Crippen LogP contribution in [0.15, 0.2) is 23.5 Å². The van der Waals surface area contributed by atoms with Gasteiger partial charge in [0.1, 0.15) is 43.4 Å². The molecule has 5 aliphatic carbocycles. The molecule has 0 amide bonds. The minimum atomic E-state index is -1.84. The molecule has 1 heterocycles. The molecule has 0 spiro atoms. The third-order valence-electron chi connectivity index (χ3n) is 18.1. The monoisotopic (exact) mass is 1090 g/mol. The fraction of sp³-hybridized carbons (Fsp3) is 0.750. The van der Waals surface area contributed by atoms with Crippen molar-refractivity contribution in [2.75, 3.05) is 13.2 Å². The zero-order chi connectivity index (χ0) is 57.5. The predicted octanol–water partition coefficient (Wildman–Crippen LogP) is 6.42. The van der Waals surface area contributed by atoms with Gasteiger partial charge in [-0.15, -0.1) is 0 Å². The summed E-state index contributed by atoms with van der Waals surface area (Å²) in [6.07, 6.45) is -4.80. The Morgan fingerprint density at radius 2 is 1.16 bits per heavy atom. The highest BCUT2D eigenvalue weighted by Gasteiger charge is 2.73. The fourth-order valence-corrected chi connectivity index (χ4v) is 14.9. The molecule has 0 aromatic heterocycles. The first-order valence-corrected chi connectivity index (χ1v) is 26.4. The normalized spacial score (nSPS) is 37.8. The average Bonchev–Trinajstić information content (AvgIpc) is 3.28. The lowest BCUT2D eigenvalue weighted by molar-refractivity contribution is -0.305. The van der Waals surface area contributed by atoms with Gasteiger partial charge in [-0.1, -0.05) is 53.2 Å². The standard InChI is InChI=1S/C56H78O21/c1-28(69-31(4)59)24-42(65)76-48-43-37-16-17-41-52(12)25-38(70-32(5)60)47(74-36(9)64)53(13,27-68-30(3)58)40(52)18-19-55(41,15)54(37,14)21-23-56(43,22-20-51(48,10)11)50(66)77-49-46(73-35(8)63)45(72-34(7)62)44(71-33(6)61)39(75-49)26-67-29(2)57/h16,24,38-41,43-49H,17-23,25-27H2,1-15H3/b28-24-/t38-,39+,40-,41-,43+,44+,45-,46+,47+,48-,49-,52-,53-,54+,55+,56-/m0/s1. The summed E-state index contributed by atoms with van der Waals surface area (Å²) in [7, 11) is 0. The number of hydrogen-bond acceptors (Lipinski definition) is 21. The second-order valence-corrected chi connectivity index (χ2v) is 23.8. The van der Waals surface area contributed by atoms with Crippen molar-refractivity contribution in [1.29, 1.82) is 0 Å². The zero-order valence-electron chi connectivity index (χ0n) is 47.1. The number of carbonyl (C=O) groups excluding carboxylic acids is 10. The number of allylic oxidation sites excluding steroid dienone is 2. The first-order chi connectivity index (χ1) is 35.6. The lowest BCUT2D eigenvalue weighted by atomic mass is 9.33. The molecule has 0 bridgehead atoms. The molecular weight excluding hydrogens is 1010 g/mol. The molecule has 1 saturated heterocycles. The van der Waals surface area contributed by atoms with E-state index in [1.54, 1.807) is 0 Å². The maximum atomic E-state index is 15.9. The number of rotatable bonds is 14. The highest BCUT2D eigenvalue weighted by atomic mass is 16.7. The number of fused-ring (bicyclic) bond motifs is 7. The van der Waals surface area contributed by atoms with Crippen LogP contribution >= 0.6 is 0 Å². The Hall–Kier alpha value is -5.86. The van der Waals surface area contributed by atoms with Crippen molar-refractivity contribution < 1.29 is 100 Å². The van der Waals surface area contributed by atoms with E-state index in [2.05, 4.69) is 26.8 Å². The van der Waals surface area contributed by atoms with Gasteiger partial charge in [-0.25, -0.2) is 4.79 Å². The first kappa shape index (κ1) is 60.4. The van der Waals surface area contributed by atoms with E-state index in [1.807, 2.05) is 20.8 Å². The second-order valence-electron chi connectivity index (χ2n) is 23.8. The summed E-state index contributed by atoms with van der Waals surface area (Å²) >= 11 is 0. The van der Waals surface area contributed by atoms with Gasteiger partial charge in [0.2, 0.25) is 12.4 Å². The molecule has 0 aromatic carbocycles. The van der Waals surface area contributed by atoms with Crippen LogP contribution in [0.25, 0.3) is 0 Å². The van der Waals surface area contributed by atoms with Crippen molar-refractivity contribution in [3.8, 4) is 0 Å². The molecule has 4 saturated carbocycles. The van der Waals surface area contributed by atoms with Gasteiger partial charge in [-0.2, -0.15) is 0 Å². The van der Waals surface area contributed by atoms with Gasteiger partial charge in [-0.3, -0.25) is 43.2 Å². The van der Waals surface area contributed by atoms with Crippen molar-refractivity contribution >= 4 is 59.7 Å². The lowest BCUT2D eigenvalue weighted by Gasteiger charge is -2.72. The molecule has 6 aliphatic rings. The van der Waals surface area contributed by atoms with E-state index in [0.29, 0.717) is 38.5 Å². The summed E-state index contributed by atoms with van der Waals surface area (Å²) in [6, 6.07) is 0. The molecule has 0 aromatic rings. The van der Waals surface area contributed by atoms with Crippen LogP contribution in [0.5, 0.6) is 0 Å². The van der Waals surface area contributed by atoms with Gasteiger partial charge in [0.25, 0.3) is 0 Å². The Balaban J connectivity index is 1.52. The van der Waals surface area contributed by atoms with Gasteiger partial charge in [0.15, 0.2) is 12.2 Å². The number of ether oxygens (including phenoxy) is 11. The maximum absolute atomic E-state index is 15.9. The van der Waals surface area contributed by atoms with Crippen LogP contribution in [-0.4, -0.2) is 122 Å². The van der Waals surface area contributed by atoms with Crippen LogP contribution in [-0.2, 0) is 100 Å². The van der Waals surface area contributed by atoms with E-state index in [0.717, 1.165) is 39.3 Å². The van der Waals surface area contributed by atoms with Crippen LogP contribution in [0.4, 0.5) is 0 Å². The van der Waals surface area contributed by atoms with Crippen molar-refractivity contribution in [3.63, 3.8) is 0 Å². The molecule has 16 atom stereocenters. The number of carbonyl (C=O) groups is 10. The number of esters is 10. The lowest BCUT2D eigenvalue weighted by Crippen LogP contribution is -2.70. The van der Waals surface area contributed by atoms with Crippen molar-refractivity contribution in [2.45, 2.75) is 204 Å². The van der Waals surface area contributed by atoms with Gasteiger partial charge in [0.05, 0.1) is 11.5 Å². The Kier molecular flexibility index (Phi) is 17.6. The minimum absolute atomic E-state index is 0.0210. The summed E-state index contributed by atoms with van der Waals surface area (Å²) in [4.78, 5) is 130. The van der Waals surface area contributed by atoms with Crippen LogP contribution in [0.3, 0.4) is 0 Å². The SMILES string of the molecule is CC(=O)OC[C@H]1O[C@@H](OC(=O)[C@]23CCC(C)(C)[C@@H](OC(=O)/C=C(/C)OC(C)=O)[C@H]2C2=CC[C@H]4[C@@]5(C)C[C@H](OC(C)=O)[C@@H](OC(C)=O)[C@@](C)(COC(C)=O)[C@H]5CC[C@@]4(C)[C@]2(C)CC3)[C@H](OC(C)=O)[C@@H](OC(C)=O)[C@@H]1OC(C)=O. The highest BCUT2D eigenvalue weighted by molar-refractivity contribution is 5.84. The maximum Gasteiger partial charge on any atom is 0.334 e. The minimum Gasteiger partial charge on any atom is -0.465 e. The Bertz CT molecular complexity index is 2460. The van der Waals surface area contributed by atoms with E-state index in [1.165, 1.54) is 34.6 Å². The van der Waals surface area contributed by atoms with E-state index in [9.17, 15) is 43.2 Å². The van der Waals surface area contributed by atoms with Crippen LogP contribution < -0.4 is 0 Å². The molecule has 21 heteroatoms. The molecule has 6 rings (SSSR count). The quantitative estimate of drug-likeness (QED) is 0.0596. The molecule has 1 aliphatic heterocycles. The third kappa shape index (κ3) is 11.8. The summed E-state index contributed by atoms with van der Waals surface area (Å²) in [5, 5.41) is 0. The van der Waals surface area contributed by atoms with E-state index in [-0.39, 0.29) is 37.0 Å². The smallest absolute Gasteiger partial charge is 0.334 e. The topological polar surface area (TPSA) is 272 Å². The van der Waals surface area contributed by atoms with Crippen molar-refractivity contribution in [3.05, 3.63) is 23.5 Å². The van der Waals surface area contributed by atoms with Gasteiger partial charge in [0, 0.05) is 72.1 Å². The predicted molar refractivity (Wildman–Crippen MR) is 265 cm³/mol. The first-order valence-electron chi connectivity index (χ1n) is 26.4. The summed E-state index contributed by atoms with van der Waals surface area (Å²) in [6.45, 7) is 22.6. The van der Waals surface area contributed by atoms with Gasteiger partial charge in [-0.05, 0) is 86.4 Å². The molecule has 428 valence electrons. The zero-order valence-corrected chi connectivity index (χ0v) is 47.1. The van der Waals surface area contributed by atoms with Crippen molar-refractivity contribution in [2.24, 2.45) is 50.2 Å². The summed E-state index contributed by atoms with van der Waals surface area (Å²) in [5.41, 5.74) is -4.46. The van der Waals surface area contributed by atoms with E-state index < -0.39 is 154 Å². The van der Waals surface area contributed by atoms with Crippen LogP contribution in [0, 0.1) is 50.2 Å². The fourth-order valence-electron chi connectivity index (χ4n) is 14.9. The molecule has 5 fully saturated rings. The molecule has 0 radical (unpaired) electrons. The van der Waals surface area contributed by atoms with Gasteiger partial charge >= 0.3 is 59.7 Å². The van der Waals surface area contributed by atoms with E-state index in [4.69, 9.17) is 52.1 Å². The molecule has 21 nitrogen and oxygen atoms in total. The Morgan fingerprint density at radius 3 is 1.73 bits per heavy atom. The molecular formula is C56H78O21. The van der Waals surface area contributed by atoms with Crippen LogP contribution in [0.1, 0.15) is 155 Å². The largest absolute Gasteiger partial charge is 0.465 e. The number of hydrogen-bond donors (Lipinski definition) is 0. The average molecular weight is 1090 g/mol. The highest BCUT2D eigenvalue weighted by Crippen LogP contribution is 2.76. The summed E-state index contributed by atoms with van der Waals surface area (Å²) < 4.78 is 64.6.